The van der Waals surface area contributed by atoms with Crippen LogP contribution in [0.15, 0.2) is 53.4 Å². The van der Waals surface area contributed by atoms with Gasteiger partial charge in [0.25, 0.3) is 0 Å². The summed E-state index contributed by atoms with van der Waals surface area (Å²) in [4.78, 5) is 15.9. The second-order valence-corrected chi connectivity index (χ2v) is 9.76. The highest BCUT2D eigenvalue weighted by atomic mass is 32.2. The Balaban J connectivity index is 1.61. The lowest BCUT2D eigenvalue weighted by Crippen LogP contribution is -2.52. The number of piperazine rings is 1. The highest BCUT2D eigenvalue weighted by molar-refractivity contribution is 7.89. The van der Waals surface area contributed by atoms with Gasteiger partial charge in [0.1, 0.15) is 16.5 Å². The molecule has 9 heteroatoms. The first-order valence-electron chi connectivity index (χ1n) is 10.2. The van der Waals surface area contributed by atoms with Crippen LogP contribution < -0.4 is 0 Å². The maximum Gasteiger partial charge on any atom is 0.246 e. The molecule has 6 nitrogen and oxygen atoms in total. The van der Waals surface area contributed by atoms with Crippen LogP contribution in [0.2, 0.25) is 0 Å². The molecule has 0 aromatic heterocycles. The number of halogens is 2. The zero-order chi connectivity index (χ0) is 22.6. The van der Waals surface area contributed by atoms with Crippen molar-refractivity contribution in [2.24, 2.45) is 0 Å². The van der Waals surface area contributed by atoms with Gasteiger partial charge in [-0.15, -0.1) is 0 Å². The van der Waals surface area contributed by atoms with Crippen LogP contribution in [0, 0.1) is 11.6 Å². The van der Waals surface area contributed by atoms with E-state index in [0.29, 0.717) is 25.7 Å². The molecule has 1 aliphatic rings. The molecule has 0 spiro atoms. The van der Waals surface area contributed by atoms with E-state index in [4.69, 9.17) is 0 Å². The molecule has 0 saturated carbocycles. The van der Waals surface area contributed by atoms with Gasteiger partial charge in [-0.2, -0.15) is 4.31 Å². The molecule has 1 amide bonds. The van der Waals surface area contributed by atoms with Gasteiger partial charge in [0, 0.05) is 38.8 Å². The molecule has 3 rings (SSSR count). The number of hydrogen-bond donors (Lipinski definition) is 0. The van der Waals surface area contributed by atoms with Gasteiger partial charge < -0.3 is 4.90 Å². The monoisotopic (exact) mass is 451 g/mol. The number of hydrogen-bond acceptors (Lipinski definition) is 4. The van der Waals surface area contributed by atoms with Gasteiger partial charge in [-0.05, 0) is 37.6 Å². The lowest BCUT2D eigenvalue weighted by Gasteiger charge is -2.35. The Bertz CT molecular complexity index is 1010. The van der Waals surface area contributed by atoms with E-state index in [9.17, 15) is 22.0 Å². The molecule has 0 unspecified atom stereocenters. The summed E-state index contributed by atoms with van der Waals surface area (Å²) in [6.45, 7) is 5.46. The number of benzene rings is 2. The topological polar surface area (TPSA) is 60.9 Å². The highest BCUT2D eigenvalue weighted by Gasteiger charge is 2.32. The zero-order valence-corrected chi connectivity index (χ0v) is 18.5. The summed E-state index contributed by atoms with van der Waals surface area (Å²) < 4.78 is 54.0. The normalized spacial score (nSPS) is 15.9. The summed E-state index contributed by atoms with van der Waals surface area (Å²) in [6, 6.07) is 12.1. The fraction of sp³-hybridized carbons (Fsp3) is 0.409. The average Bonchev–Trinajstić information content (AvgIpc) is 2.74. The maximum atomic E-state index is 14.0. The Kier molecular flexibility index (Phi) is 7.40. The quantitative estimate of drug-likeness (QED) is 0.650. The zero-order valence-electron chi connectivity index (χ0n) is 17.7. The number of amides is 1. The standard InChI is InChI=1S/C22H27F2N3O3S/c1-17(2)27(15-18-6-4-3-5-7-18)22(28)16-25-10-12-26(13-11-25)31(29,30)21-14-19(23)8-9-20(21)24/h3-9,14,17H,10-13,15-16H2,1-2H3. The Labute approximate surface area is 182 Å². The van der Waals surface area contributed by atoms with Crippen LogP contribution in [0.4, 0.5) is 8.78 Å². The van der Waals surface area contributed by atoms with Crippen molar-refractivity contribution in [1.29, 1.82) is 0 Å². The second kappa shape index (κ2) is 9.84. The van der Waals surface area contributed by atoms with Crippen molar-refractivity contribution < 1.29 is 22.0 Å². The van der Waals surface area contributed by atoms with Crippen LogP contribution in [-0.4, -0.2) is 67.2 Å². The smallest absolute Gasteiger partial charge is 0.246 e. The molecule has 2 aromatic carbocycles. The third-order valence-electron chi connectivity index (χ3n) is 5.34. The molecule has 0 bridgehead atoms. The molecule has 0 N–H and O–H groups in total. The third-order valence-corrected chi connectivity index (χ3v) is 7.25. The Morgan fingerprint density at radius 3 is 2.29 bits per heavy atom. The second-order valence-electron chi connectivity index (χ2n) is 7.86. The molecule has 1 saturated heterocycles. The largest absolute Gasteiger partial charge is 0.335 e. The summed E-state index contributed by atoms with van der Waals surface area (Å²) in [5.74, 6) is -1.82. The number of sulfonamides is 1. The first kappa shape index (κ1) is 23.3. The van der Waals surface area contributed by atoms with E-state index in [1.165, 1.54) is 0 Å². The van der Waals surface area contributed by atoms with Gasteiger partial charge >= 0.3 is 0 Å². The van der Waals surface area contributed by atoms with Gasteiger partial charge in [-0.25, -0.2) is 17.2 Å². The van der Waals surface area contributed by atoms with Gasteiger partial charge in [0.15, 0.2) is 0 Å². The van der Waals surface area contributed by atoms with Crippen LogP contribution in [0.3, 0.4) is 0 Å². The van der Waals surface area contributed by atoms with Crippen molar-refractivity contribution in [1.82, 2.24) is 14.1 Å². The summed E-state index contributed by atoms with van der Waals surface area (Å²) in [5, 5.41) is 0. The van der Waals surface area contributed by atoms with Gasteiger partial charge in [-0.1, -0.05) is 30.3 Å². The Morgan fingerprint density at radius 1 is 1.03 bits per heavy atom. The molecule has 1 fully saturated rings. The SMILES string of the molecule is CC(C)N(Cc1ccccc1)C(=O)CN1CCN(S(=O)(=O)c2cc(F)ccc2F)CC1. The molecular weight excluding hydrogens is 424 g/mol. The number of carbonyl (C=O) groups is 1. The van der Waals surface area contributed by atoms with E-state index < -0.39 is 26.6 Å². The molecule has 0 aliphatic carbocycles. The molecule has 31 heavy (non-hydrogen) atoms. The molecule has 1 heterocycles. The van der Waals surface area contributed by atoms with E-state index in [1.807, 2.05) is 49.1 Å². The average molecular weight is 452 g/mol. The van der Waals surface area contributed by atoms with E-state index >= 15 is 0 Å². The molecule has 168 valence electrons. The molecule has 2 aromatic rings. The molecule has 0 atom stereocenters. The first-order chi connectivity index (χ1) is 14.7. The van der Waals surface area contributed by atoms with Crippen molar-refractivity contribution in [3.05, 3.63) is 65.7 Å². The Morgan fingerprint density at radius 2 is 1.68 bits per heavy atom. The lowest BCUT2D eigenvalue weighted by atomic mass is 10.2. The summed E-state index contributed by atoms with van der Waals surface area (Å²) >= 11 is 0. The van der Waals surface area contributed by atoms with Crippen LogP contribution in [0.1, 0.15) is 19.4 Å². The number of carbonyl (C=O) groups excluding carboxylic acids is 1. The van der Waals surface area contributed by atoms with Crippen molar-refractivity contribution in [2.75, 3.05) is 32.7 Å². The van der Waals surface area contributed by atoms with Crippen LogP contribution >= 0.6 is 0 Å². The van der Waals surface area contributed by atoms with Gasteiger partial charge in [0.2, 0.25) is 15.9 Å². The fourth-order valence-electron chi connectivity index (χ4n) is 3.56. The minimum absolute atomic E-state index is 0.0188. The van der Waals surface area contributed by atoms with E-state index in [2.05, 4.69) is 0 Å². The Hall–Kier alpha value is -2.36. The summed E-state index contributed by atoms with van der Waals surface area (Å²) in [6.07, 6.45) is 0. The number of nitrogens with zero attached hydrogens (tertiary/aromatic N) is 3. The van der Waals surface area contributed by atoms with E-state index in [-0.39, 0.29) is 31.6 Å². The molecule has 1 aliphatic heterocycles. The van der Waals surface area contributed by atoms with Crippen LogP contribution in [0.5, 0.6) is 0 Å². The minimum Gasteiger partial charge on any atom is -0.335 e. The first-order valence-corrected chi connectivity index (χ1v) is 11.6. The van der Waals surface area contributed by atoms with Crippen molar-refractivity contribution in [3.63, 3.8) is 0 Å². The fourth-order valence-corrected chi connectivity index (χ4v) is 5.06. The summed E-state index contributed by atoms with van der Waals surface area (Å²) in [7, 11) is -4.14. The van der Waals surface area contributed by atoms with Crippen LogP contribution in [-0.2, 0) is 21.4 Å². The maximum absolute atomic E-state index is 14.0. The summed E-state index contributed by atoms with van der Waals surface area (Å²) in [5.41, 5.74) is 1.04. The predicted molar refractivity (Wildman–Crippen MR) is 114 cm³/mol. The predicted octanol–water partition coefficient (Wildman–Crippen LogP) is 2.71. The van der Waals surface area contributed by atoms with Gasteiger partial charge in [0.05, 0.1) is 6.54 Å². The molecule has 0 radical (unpaired) electrons. The van der Waals surface area contributed by atoms with Crippen molar-refractivity contribution in [2.45, 2.75) is 31.3 Å². The minimum atomic E-state index is -4.14. The number of rotatable bonds is 7. The van der Waals surface area contributed by atoms with Crippen molar-refractivity contribution in [3.8, 4) is 0 Å². The van der Waals surface area contributed by atoms with E-state index in [1.54, 1.807) is 4.90 Å². The van der Waals surface area contributed by atoms with Crippen molar-refractivity contribution >= 4 is 15.9 Å². The highest BCUT2D eigenvalue weighted by Crippen LogP contribution is 2.22. The van der Waals surface area contributed by atoms with E-state index in [0.717, 1.165) is 22.0 Å². The van der Waals surface area contributed by atoms with Crippen LogP contribution in [0.25, 0.3) is 0 Å². The third kappa shape index (κ3) is 5.66. The van der Waals surface area contributed by atoms with Gasteiger partial charge in [-0.3, -0.25) is 9.69 Å². The molecular formula is C22H27F2N3O3S. The lowest BCUT2D eigenvalue weighted by molar-refractivity contribution is -0.135.